The summed E-state index contributed by atoms with van der Waals surface area (Å²) in [5.74, 6) is -0.546. The molecule has 2 rings (SSSR count). The Morgan fingerprint density at radius 2 is 2.00 bits per heavy atom. The third-order valence-electron chi connectivity index (χ3n) is 3.06. The zero-order valence-corrected chi connectivity index (χ0v) is 8.33. The molecule has 1 aliphatic rings. The molecule has 0 aromatic heterocycles. The van der Waals surface area contributed by atoms with Crippen molar-refractivity contribution in [3.63, 3.8) is 0 Å². The number of nitrogens with zero attached hydrogens (tertiary/aromatic N) is 1. The first-order chi connectivity index (χ1) is 7.17. The Bertz CT molecular complexity index is 416. The summed E-state index contributed by atoms with van der Waals surface area (Å²) in [7, 11) is 0. The first-order valence-electron chi connectivity index (χ1n) is 5.09. The van der Waals surface area contributed by atoms with Crippen LogP contribution in [0.1, 0.15) is 36.8 Å². The van der Waals surface area contributed by atoms with Crippen LogP contribution in [0.15, 0.2) is 18.2 Å². The minimum absolute atomic E-state index is 0.0121. The average molecular weight is 205 g/mol. The van der Waals surface area contributed by atoms with Gasteiger partial charge in [-0.1, -0.05) is 25.0 Å². The summed E-state index contributed by atoms with van der Waals surface area (Å²) in [5.41, 5.74) is -0.558. The Kier molecular flexibility index (Phi) is 2.45. The minimum atomic E-state index is -0.993. The van der Waals surface area contributed by atoms with Gasteiger partial charge in [-0.05, 0) is 18.9 Å². The van der Waals surface area contributed by atoms with Crippen LogP contribution in [0.25, 0.3) is 0 Å². The van der Waals surface area contributed by atoms with Gasteiger partial charge in [-0.2, -0.15) is 5.26 Å². The highest BCUT2D eigenvalue weighted by atomic mass is 19.1. The molecule has 1 N–H and O–H groups in total. The van der Waals surface area contributed by atoms with Crippen LogP contribution in [0.3, 0.4) is 0 Å². The van der Waals surface area contributed by atoms with Crippen LogP contribution in [0.2, 0.25) is 0 Å². The molecule has 0 bridgehead atoms. The fraction of sp³-hybridized carbons (Fsp3) is 0.417. The summed E-state index contributed by atoms with van der Waals surface area (Å²) < 4.78 is 13.3. The molecule has 0 unspecified atom stereocenters. The fourth-order valence-corrected chi connectivity index (χ4v) is 2.25. The predicted octanol–water partition coefficient (Wildman–Crippen LogP) is 2.46. The molecule has 78 valence electrons. The van der Waals surface area contributed by atoms with E-state index in [9.17, 15) is 9.50 Å². The van der Waals surface area contributed by atoms with E-state index in [4.69, 9.17) is 5.26 Å². The molecule has 1 aromatic rings. The number of benzene rings is 1. The maximum Gasteiger partial charge on any atom is 0.141 e. The first-order valence-corrected chi connectivity index (χ1v) is 5.09. The lowest BCUT2D eigenvalue weighted by Crippen LogP contribution is -2.22. The highest BCUT2D eigenvalue weighted by Crippen LogP contribution is 2.40. The number of rotatable bonds is 1. The molecular weight excluding hydrogens is 193 g/mol. The van der Waals surface area contributed by atoms with Gasteiger partial charge in [0.05, 0.1) is 11.2 Å². The maximum atomic E-state index is 13.3. The Morgan fingerprint density at radius 1 is 1.33 bits per heavy atom. The van der Waals surface area contributed by atoms with Crippen molar-refractivity contribution in [2.24, 2.45) is 0 Å². The summed E-state index contributed by atoms with van der Waals surface area (Å²) in [6.45, 7) is 0. The van der Waals surface area contributed by atoms with Gasteiger partial charge in [-0.3, -0.25) is 0 Å². The molecule has 3 heteroatoms. The van der Waals surface area contributed by atoms with Crippen molar-refractivity contribution in [3.05, 3.63) is 35.1 Å². The molecule has 1 saturated carbocycles. The predicted molar refractivity (Wildman–Crippen MR) is 53.5 cm³/mol. The smallest absolute Gasteiger partial charge is 0.141 e. The van der Waals surface area contributed by atoms with Crippen LogP contribution in [0.5, 0.6) is 0 Å². The largest absolute Gasteiger partial charge is 0.385 e. The van der Waals surface area contributed by atoms with Gasteiger partial charge < -0.3 is 5.11 Å². The standard InChI is InChI=1S/C12H12FNO/c13-11-5-3-4-10(9(11)8-14)12(15)6-1-2-7-12/h3-5,15H,1-2,6-7H2. The Labute approximate surface area is 88.0 Å². The topological polar surface area (TPSA) is 44.0 Å². The monoisotopic (exact) mass is 205 g/mol. The van der Waals surface area contributed by atoms with Crippen molar-refractivity contribution >= 4 is 0 Å². The van der Waals surface area contributed by atoms with Crippen molar-refractivity contribution in [2.45, 2.75) is 31.3 Å². The van der Waals surface area contributed by atoms with E-state index in [0.717, 1.165) is 12.8 Å². The molecule has 0 aliphatic heterocycles. The molecule has 0 radical (unpaired) electrons. The highest BCUT2D eigenvalue weighted by Gasteiger charge is 2.35. The Hall–Kier alpha value is -1.40. The summed E-state index contributed by atoms with van der Waals surface area (Å²) in [6, 6.07) is 6.27. The van der Waals surface area contributed by atoms with E-state index >= 15 is 0 Å². The van der Waals surface area contributed by atoms with Crippen LogP contribution in [0.4, 0.5) is 4.39 Å². The zero-order valence-electron chi connectivity index (χ0n) is 8.33. The second-order valence-corrected chi connectivity index (χ2v) is 4.01. The summed E-state index contributed by atoms with van der Waals surface area (Å²) in [6.07, 6.45) is 3.09. The number of hydrogen-bond donors (Lipinski definition) is 1. The molecule has 0 amide bonds. The van der Waals surface area contributed by atoms with Crippen molar-refractivity contribution in [1.29, 1.82) is 5.26 Å². The summed E-state index contributed by atoms with van der Waals surface area (Å²) in [4.78, 5) is 0. The molecule has 15 heavy (non-hydrogen) atoms. The molecule has 0 spiro atoms. The van der Waals surface area contributed by atoms with Gasteiger partial charge in [0.25, 0.3) is 0 Å². The normalized spacial score (nSPS) is 18.7. The van der Waals surface area contributed by atoms with Crippen LogP contribution in [0, 0.1) is 17.1 Å². The van der Waals surface area contributed by atoms with Gasteiger partial charge in [0.1, 0.15) is 11.9 Å². The number of hydrogen-bond acceptors (Lipinski definition) is 2. The van der Waals surface area contributed by atoms with E-state index in [1.807, 2.05) is 6.07 Å². The third-order valence-corrected chi connectivity index (χ3v) is 3.06. The zero-order chi connectivity index (χ0) is 10.9. The van der Waals surface area contributed by atoms with Crippen molar-refractivity contribution < 1.29 is 9.50 Å². The molecular formula is C12H12FNO. The van der Waals surface area contributed by atoms with Gasteiger partial charge >= 0.3 is 0 Å². The van der Waals surface area contributed by atoms with Gasteiger partial charge in [0.2, 0.25) is 0 Å². The molecule has 1 fully saturated rings. The fourth-order valence-electron chi connectivity index (χ4n) is 2.25. The molecule has 0 saturated heterocycles. The van der Waals surface area contributed by atoms with Crippen molar-refractivity contribution in [3.8, 4) is 6.07 Å². The minimum Gasteiger partial charge on any atom is -0.385 e. The van der Waals surface area contributed by atoms with Crippen LogP contribution < -0.4 is 0 Å². The molecule has 0 heterocycles. The van der Waals surface area contributed by atoms with Crippen LogP contribution >= 0.6 is 0 Å². The number of nitriles is 1. The number of aliphatic hydroxyl groups is 1. The van der Waals surface area contributed by atoms with Crippen LogP contribution in [-0.2, 0) is 5.60 Å². The quantitative estimate of drug-likeness (QED) is 0.765. The molecule has 2 nitrogen and oxygen atoms in total. The Balaban J connectivity index is 2.53. The molecule has 0 atom stereocenters. The number of halogens is 1. The van der Waals surface area contributed by atoms with Crippen molar-refractivity contribution in [1.82, 2.24) is 0 Å². The second-order valence-electron chi connectivity index (χ2n) is 4.01. The average Bonchev–Trinajstić information content (AvgIpc) is 2.66. The third kappa shape index (κ3) is 1.62. The maximum absolute atomic E-state index is 13.3. The summed E-state index contributed by atoms with van der Waals surface area (Å²) >= 11 is 0. The second kappa shape index (κ2) is 3.63. The lowest BCUT2D eigenvalue weighted by atomic mass is 9.88. The highest BCUT2D eigenvalue weighted by molar-refractivity contribution is 5.42. The molecule has 1 aliphatic carbocycles. The van der Waals surface area contributed by atoms with E-state index in [1.54, 1.807) is 12.1 Å². The lowest BCUT2D eigenvalue weighted by Gasteiger charge is -2.23. The van der Waals surface area contributed by atoms with Crippen LogP contribution in [-0.4, -0.2) is 5.11 Å². The van der Waals surface area contributed by atoms with Gasteiger partial charge in [-0.25, -0.2) is 4.39 Å². The summed E-state index contributed by atoms with van der Waals surface area (Å²) in [5, 5.41) is 19.2. The van der Waals surface area contributed by atoms with Gasteiger partial charge in [0, 0.05) is 5.56 Å². The SMILES string of the molecule is N#Cc1c(F)cccc1C1(O)CCCC1. The van der Waals surface area contributed by atoms with E-state index < -0.39 is 11.4 Å². The van der Waals surface area contributed by atoms with E-state index in [0.29, 0.717) is 18.4 Å². The van der Waals surface area contributed by atoms with E-state index in [-0.39, 0.29) is 5.56 Å². The van der Waals surface area contributed by atoms with Gasteiger partial charge in [0.15, 0.2) is 0 Å². The first kappa shape index (κ1) is 10.1. The molecule has 1 aromatic carbocycles. The van der Waals surface area contributed by atoms with Crippen molar-refractivity contribution in [2.75, 3.05) is 0 Å². The van der Waals surface area contributed by atoms with E-state index in [1.165, 1.54) is 6.07 Å². The van der Waals surface area contributed by atoms with E-state index in [2.05, 4.69) is 0 Å². The lowest BCUT2D eigenvalue weighted by molar-refractivity contribution is 0.0438. The Morgan fingerprint density at radius 3 is 2.60 bits per heavy atom. The van der Waals surface area contributed by atoms with Gasteiger partial charge in [-0.15, -0.1) is 0 Å².